The zero-order chi connectivity index (χ0) is 15.5. The maximum atomic E-state index is 12.2. The molecule has 2 rings (SSSR count). The maximum Gasteiger partial charge on any atom is 0.337 e. The summed E-state index contributed by atoms with van der Waals surface area (Å²) in [7, 11) is -3.47. The molecule has 0 unspecified atom stereocenters. The highest BCUT2D eigenvalue weighted by Crippen LogP contribution is 2.22. The third-order valence-corrected chi connectivity index (χ3v) is 5.74. The number of hydrogen-bond acceptors (Lipinski definition) is 4. The molecule has 1 aromatic rings. The molecule has 1 aliphatic rings. The molecule has 5 nitrogen and oxygen atoms in total. The van der Waals surface area contributed by atoms with Crippen molar-refractivity contribution in [3.8, 4) is 0 Å². The Labute approximate surface area is 129 Å². The van der Waals surface area contributed by atoms with Crippen LogP contribution in [0.4, 0.5) is 0 Å². The van der Waals surface area contributed by atoms with E-state index < -0.39 is 15.8 Å². The number of carboxylic acids is 1. The van der Waals surface area contributed by atoms with Gasteiger partial charge in [0.05, 0.1) is 21.2 Å². The first-order chi connectivity index (χ1) is 9.90. The van der Waals surface area contributed by atoms with Crippen molar-refractivity contribution in [2.24, 2.45) is 0 Å². The summed E-state index contributed by atoms with van der Waals surface area (Å²) < 4.78 is 24.5. The van der Waals surface area contributed by atoms with Gasteiger partial charge in [0.25, 0.3) is 0 Å². The molecule has 1 aliphatic heterocycles. The molecular weight excluding hydrogens is 314 g/mol. The maximum absolute atomic E-state index is 12.2. The molecular formula is C14H18ClNO4S. The van der Waals surface area contributed by atoms with E-state index >= 15 is 0 Å². The highest BCUT2D eigenvalue weighted by molar-refractivity contribution is 7.91. The molecule has 1 heterocycles. The summed E-state index contributed by atoms with van der Waals surface area (Å²) in [5.41, 5.74) is -0.183. The van der Waals surface area contributed by atoms with Gasteiger partial charge in [0.15, 0.2) is 9.84 Å². The number of carboxylic acid groups (broad SMARTS) is 1. The van der Waals surface area contributed by atoms with Crippen molar-refractivity contribution in [2.45, 2.75) is 24.2 Å². The van der Waals surface area contributed by atoms with Gasteiger partial charge in [-0.1, -0.05) is 11.6 Å². The van der Waals surface area contributed by atoms with Crippen molar-refractivity contribution >= 4 is 27.4 Å². The fraction of sp³-hybridized carbons (Fsp3) is 0.500. The second-order valence-electron chi connectivity index (χ2n) is 5.17. The smallest absolute Gasteiger partial charge is 0.337 e. The summed E-state index contributed by atoms with van der Waals surface area (Å²) in [6.07, 6.45) is 2.89. The van der Waals surface area contributed by atoms with Gasteiger partial charge in [0.1, 0.15) is 0 Å². The molecule has 0 spiro atoms. The van der Waals surface area contributed by atoms with E-state index in [0.29, 0.717) is 6.42 Å². The van der Waals surface area contributed by atoms with Crippen molar-refractivity contribution in [1.82, 2.24) is 4.90 Å². The summed E-state index contributed by atoms with van der Waals surface area (Å²) in [5, 5.41) is 9.03. The number of likely N-dealkylation sites (tertiary alicyclic amines) is 1. The SMILES string of the molecule is O=C(O)c1cc(S(=O)(=O)CCCN2CCCC2)ccc1Cl. The zero-order valence-corrected chi connectivity index (χ0v) is 13.2. The quantitative estimate of drug-likeness (QED) is 0.865. The van der Waals surface area contributed by atoms with Crippen molar-refractivity contribution < 1.29 is 18.3 Å². The second kappa shape index (κ2) is 6.77. The van der Waals surface area contributed by atoms with Gasteiger partial charge in [-0.15, -0.1) is 0 Å². The lowest BCUT2D eigenvalue weighted by molar-refractivity contribution is 0.0697. The van der Waals surface area contributed by atoms with Crippen LogP contribution in [0.1, 0.15) is 29.6 Å². The van der Waals surface area contributed by atoms with Crippen LogP contribution < -0.4 is 0 Å². The van der Waals surface area contributed by atoms with Crippen LogP contribution in [0.15, 0.2) is 23.1 Å². The molecule has 0 bridgehead atoms. The Balaban J connectivity index is 2.04. The van der Waals surface area contributed by atoms with E-state index in [1.54, 1.807) is 0 Å². The summed E-state index contributed by atoms with van der Waals surface area (Å²) >= 11 is 5.75. The third kappa shape index (κ3) is 4.18. The molecule has 7 heteroatoms. The Hall–Kier alpha value is -1.11. The minimum atomic E-state index is -3.47. The van der Waals surface area contributed by atoms with Crippen LogP contribution in [-0.4, -0.2) is 49.8 Å². The number of benzene rings is 1. The molecule has 1 fully saturated rings. The van der Waals surface area contributed by atoms with E-state index in [1.807, 2.05) is 0 Å². The average molecular weight is 332 g/mol. The molecule has 1 N–H and O–H groups in total. The van der Waals surface area contributed by atoms with Crippen LogP contribution >= 0.6 is 11.6 Å². The van der Waals surface area contributed by atoms with Crippen LogP contribution in [0.3, 0.4) is 0 Å². The van der Waals surface area contributed by atoms with Gasteiger partial charge in [-0.25, -0.2) is 13.2 Å². The summed E-state index contributed by atoms with van der Waals surface area (Å²) in [6.45, 7) is 2.83. The van der Waals surface area contributed by atoms with Crippen LogP contribution in [0.2, 0.25) is 5.02 Å². The van der Waals surface area contributed by atoms with Crippen molar-refractivity contribution in [2.75, 3.05) is 25.4 Å². The Morgan fingerprint density at radius 3 is 2.57 bits per heavy atom. The lowest BCUT2D eigenvalue weighted by atomic mass is 10.2. The molecule has 0 radical (unpaired) electrons. The highest BCUT2D eigenvalue weighted by Gasteiger charge is 2.19. The first-order valence-corrected chi connectivity index (χ1v) is 8.91. The molecule has 1 aromatic carbocycles. The van der Waals surface area contributed by atoms with E-state index in [2.05, 4.69) is 4.90 Å². The molecule has 0 aromatic heterocycles. The van der Waals surface area contributed by atoms with Crippen LogP contribution in [0.5, 0.6) is 0 Å². The van der Waals surface area contributed by atoms with E-state index in [-0.39, 0.29) is 21.2 Å². The van der Waals surface area contributed by atoms with E-state index in [0.717, 1.165) is 25.7 Å². The summed E-state index contributed by atoms with van der Waals surface area (Å²) in [5.74, 6) is -1.21. The molecule has 0 saturated carbocycles. The van der Waals surface area contributed by atoms with Gasteiger partial charge in [0.2, 0.25) is 0 Å². The lowest BCUT2D eigenvalue weighted by Crippen LogP contribution is -2.22. The number of nitrogens with zero attached hydrogens (tertiary/aromatic N) is 1. The fourth-order valence-corrected chi connectivity index (χ4v) is 3.98. The van der Waals surface area contributed by atoms with Gasteiger partial charge in [-0.05, 0) is 57.1 Å². The van der Waals surface area contributed by atoms with Gasteiger partial charge >= 0.3 is 5.97 Å². The fourth-order valence-electron chi connectivity index (χ4n) is 2.46. The Morgan fingerprint density at radius 2 is 1.95 bits per heavy atom. The van der Waals surface area contributed by atoms with Crippen molar-refractivity contribution in [3.63, 3.8) is 0 Å². The Kier molecular flexibility index (Phi) is 5.24. The number of halogens is 1. The Morgan fingerprint density at radius 1 is 1.29 bits per heavy atom. The van der Waals surface area contributed by atoms with Gasteiger partial charge in [-0.2, -0.15) is 0 Å². The summed E-state index contributed by atoms with van der Waals surface area (Å²) in [6, 6.07) is 3.81. The number of rotatable bonds is 6. The van der Waals surface area contributed by atoms with Crippen LogP contribution in [0, 0.1) is 0 Å². The van der Waals surface area contributed by atoms with Crippen LogP contribution in [-0.2, 0) is 9.84 Å². The largest absolute Gasteiger partial charge is 0.478 e. The first kappa shape index (κ1) is 16.3. The second-order valence-corrected chi connectivity index (χ2v) is 7.68. The average Bonchev–Trinajstić information content (AvgIpc) is 2.91. The molecule has 21 heavy (non-hydrogen) atoms. The third-order valence-electron chi connectivity index (χ3n) is 3.61. The normalized spacial score (nSPS) is 16.2. The number of carbonyl (C=O) groups is 1. The molecule has 0 atom stereocenters. The minimum Gasteiger partial charge on any atom is -0.478 e. The monoisotopic (exact) mass is 331 g/mol. The van der Waals surface area contributed by atoms with Crippen LogP contribution in [0.25, 0.3) is 0 Å². The van der Waals surface area contributed by atoms with Gasteiger partial charge in [0, 0.05) is 0 Å². The zero-order valence-electron chi connectivity index (χ0n) is 11.6. The molecule has 116 valence electrons. The molecule has 0 aliphatic carbocycles. The van der Waals surface area contributed by atoms with Gasteiger partial charge in [-0.3, -0.25) is 0 Å². The summed E-state index contributed by atoms with van der Waals surface area (Å²) in [4.78, 5) is 13.3. The number of hydrogen-bond donors (Lipinski definition) is 1. The lowest BCUT2D eigenvalue weighted by Gasteiger charge is -2.14. The van der Waals surface area contributed by atoms with E-state index in [1.165, 1.54) is 25.0 Å². The predicted octanol–water partition coefficient (Wildman–Crippen LogP) is 2.30. The Bertz CT molecular complexity index is 624. The predicted molar refractivity (Wildman–Crippen MR) is 80.8 cm³/mol. The standard InChI is InChI=1S/C14H18ClNO4S/c15-13-5-4-11(10-12(13)14(17)18)21(19,20)9-3-8-16-6-1-2-7-16/h4-5,10H,1-3,6-9H2,(H,17,18). The minimum absolute atomic E-state index is 0.0180. The topological polar surface area (TPSA) is 74.7 Å². The van der Waals surface area contributed by atoms with E-state index in [4.69, 9.17) is 16.7 Å². The van der Waals surface area contributed by atoms with E-state index in [9.17, 15) is 13.2 Å². The van der Waals surface area contributed by atoms with Gasteiger partial charge < -0.3 is 10.0 Å². The first-order valence-electron chi connectivity index (χ1n) is 6.88. The van der Waals surface area contributed by atoms with Crippen molar-refractivity contribution in [1.29, 1.82) is 0 Å². The highest BCUT2D eigenvalue weighted by atomic mass is 35.5. The number of aromatic carboxylic acids is 1. The molecule has 0 amide bonds. The number of sulfone groups is 1. The van der Waals surface area contributed by atoms with Crippen molar-refractivity contribution in [3.05, 3.63) is 28.8 Å². The molecule has 1 saturated heterocycles.